The summed E-state index contributed by atoms with van der Waals surface area (Å²) in [7, 11) is 0. The van der Waals surface area contributed by atoms with Gasteiger partial charge in [0.15, 0.2) is 5.95 Å². The van der Waals surface area contributed by atoms with Crippen molar-refractivity contribution in [3.63, 3.8) is 0 Å². The maximum Gasteiger partial charge on any atom is 0.421 e. The maximum atomic E-state index is 13.1. The zero-order chi connectivity index (χ0) is 38.2. The van der Waals surface area contributed by atoms with Crippen molar-refractivity contribution < 1.29 is 19.1 Å². The molecule has 0 saturated heterocycles. The summed E-state index contributed by atoms with van der Waals surface area (Å²) in [6.45, 7) is 10.6. The molecular weight excluding hydrogens is 724 g/mol. The first kappa shape index (κ1) is 38.7. The highest BCUT2D eigenvalue weighted by Crippen LogP contribution is 2.39. The molecule has 2 aliphatic rings. The highest BCUT2D eigenvalue weighted by atomic mass is 35.5. The summed E-state index contributed by atoms with van der Waals surface area (Å²) >= 11 is 0. The minimum absolute atomic E-state index is 0. The Labute approximate surface area is 324 Å². The third-order valence-corrected chi connectivity index (χ3v) is 8.43. The topological polar surface area (TPSA) is 199 Å². The number of imidazole rings is 2. The van der Waals surface area contributed by atoms with E-state index in [4.69, 9.17) is 15.2 Å². The number of nitrogens with one attached hydrogen (secondary N) is 2. The van der Waals surface area contributed by atoms with Gasteiger partial charge in [0.05, 0.1) is 58.9 Å². The minimum atomic E-state index is -0.738. The fraction of sp³-hybridized carbons (Fsp3) is 0.368. The van der Waals surface area contributed by atoms with E-state index in [1.165, 1.54) is 23.6 Å². The number of aromatic amines is 1. The monoisotopic (exact) mass is 768 g/mol. The fourth-order valence-corrected chi connectivity index (χ4v) is 5.53. The Hall–Kier alpha value is -6.03. The molecule has 4 aromatic heterocycles. The first-order chi connectivity index (χ1) is 25.7. The van der Waals surface area contributed by atoms with Crippen LogP contribution in [0.3, 0.4) is 0 Å². The van der Waals surface area contributed by atoms with E-state index in [0.717, 1.165) is 46.9 Å². The van der Waals surface area contributed by atoms with Crippen LogP contribution in [0.4, 0.5) is 21.5 Å². The van der Waals surface area contributed by atoms with Crippen LogP contribution in [-0.4, -0.2) is 72.9 Å². The van der Waals surface area contributed by atoms with Gasteiger partial charge in [0, 0.05) is 17.4 Å². The Morgan fingerprint density at radius 3 is 1.71 bits per heavy atom. The number of amides is 1. The summed E-state index contributed by atoms with van der Waals surface area (Å²) in [5, 5.41) is 19.4. The van der Waals surface area contributed by atoms with Gasteiger partial charge in [0.2, 0.25) is 5.95 Å². The van der Waals surface area contributed by atoms with E-state index >= 15 is 0 Å². The number of hydrogen-bond acceptors (Lipinski definition) is 11. The molecule has 55 heavy (non-hydrogen) atoms. The van der Waals surface area contributed by atoms with Gasteiger partial charge in [0.1, 0.15) is 11.2 Å². The number of nitrogens with two attached hydrogens (primary N) is 1. The first-order valence-electron chi connectivity index (χ1n) is 17.9. The zero-order valence-electron chi connectivity index (χ0n) is 31.6. The molecule has 16 nitrogen and oxygen atoms in total. The number of rotatable bonds is 7. The summed E-state index contributed by atoms with van der Waals surface area (Å²) < 4.78 is 15.6. The molecule has 0 spiro atoms. The molecule has 17 heteroatoms. The maximum absolute atomic E-state index is 13.1. The predicted molar refractivity (Wildman–Crippen MR) is 209 cm³/mol. The average molecular weight is 769 g/mol. The number of benzene rings is 2. The number of carbonyl (C=O) groups is 2. The SMILES string of the molecule is CC(C)(C)OC(=O)Nc1ncc(-c2ccc(-n3cc(C4CC4)nn3)cc2)n1C(=O)OC(C)(C)C.Cl.Nc1ncc(-c2ccc(-n3cc(C4CC4)nn3)cc2)[nH]1. The van der Waals surface area contributed by atoms with E-state index in [1.807, 2.05) is 65.6 Å². The van der Waals surface area contributed by atoms with Crippen LogP contribution in [0, 0.1) is 0 Å². The van der Waals surface area contributed by atoms with Crippen molar-refractivity contribution in [3.05, 3.63) is 84.7 Å². The lowest BCUT2D eigenvalue weighted by atomic mass is 10.1. The molecule has 4 heterocycles. The van der Waals surface area contributed by atoms with E-state index in [1.54, 1.807) is 52.4 Å². The largest absolute Gasteiger partial charge is 0.444 e. The molecule has 4 N–H and O–H groups in total. The van der Waals surface area contributed by atoms with Crippen LogP contribution in [0.25, 0.3) is 33.9 Å². The number of ether oxygens (including phenoxy) is 2. The second-order valence-corrected chi connectivity index (χ2v) is 15.4. The number of nitrogen functional groups attached to an aromatic ring is 1. The smallest absolute Gasteiger partial charge is 0.421 e. The molecule has 8 rings (SSSR count). The lowest BCUT2D eigenvalue weighted by molar-refractivity contribution is 0.0542. The molecule has 0 radical (unpaired) electrons. The summed E-state index contributed by atoms with van der Waals surface area (Å²) in [5.41, 5.74) is 11.2. The van der Waals surface area contributed by atoms with Gasteiger partial charge in [-0.2, -0.15) is 0 Å². The van der Waals surface area contributed by atoms with Crippen molar-refractivity contribution >= 4 is 36.5 Å². The van der Waals surface area contributed by atoms with Gasteiger partial charge >= 0.3 is 12.2 Å². The molecule has 0 aliphatic heterocycles. The Morgan fingerprint density at radius 1 is 0.745 bits per heavy atom. The second-order valence-electron chi connectivity index (χ2n) is 15.4. The standard InChI is InChI=1S/C24H30N6O4.C14H14N6.ClH/c1-23(2,3)33-21(31)26-20-25-13-19(30(20)22(32)34-24(4,5)6)16-9-11-17(12-10-16)29-14-18(27-28-29)15-7-8-15;15-14-16-7-12(17-14)9-3-5-11(6-4-9)20-8-13(18-19-20)10-1-2-10;/h9-15H,7-8H2,1-6H3,(H,25,26,31);3-8,10H,1-2H2,(H3,15,16,17);1H. The minimum Gasteiger partial charge on any atom is -0.444 e. The van der Waals surface area contributed by atoms with Gasteiger partial charge in [-0.1, -0.05) is 34.7 Å². The van der Waals surface area contributed by atoms with Gasteiger partial charge in [-0.15, -0.1) is 22.6 Å². The number of aromatic nitrogens is 10. The highest BCUT2D eigenvalue weighted by molar-refractivity contribution is 5.89. The molecular formula is C38H45ClN12O4. The van der Waals surface area contributed by atoms with E-state index in [2.05, 4.69) is 40.9 Å². The third-order valence-electron chi connectivity index (χ3n) is 8.43. The van der Waals surface area contributed by atoms with E-state index in [0.29, 0.717) is 29.0 Å². The van der Waals surface area contributed by atoms with Crippen molar-refractivity contribution in [2.45, 2.75) is 90.3 Å². The molecule has 0 unspecified atom stereocenters. The van der Waals surface area contributed by atoms with Crippen molar-refractivity contribution in [2.24, 2.45) is 0 Å². The van der Waals surface area contributed by atoms with Crippen LogP contribution < -0.4 is 11.1 Å². The number of anilines is 2. The zero-order valence-corrected chi connectivity index (χ0v) is 32.4. The van der Waals surface area contributed by atoms with Gasteiger partial charge in [-0.3, -0.25) is 5.32 Å². The summed E-state index contributed by atoms with van der Waals surface area (Å²) in [6, 6.07) is 15.5. The average Bonchev–Trinajstić information content (AvgIpc) is 3.91. The molecule has 288 valence electrons. The van der Waals surface area contributed by atoms with E-state index < -0.39 is 23.4 Å². The Bertz CT molecular complexity index is 2250. The summed E-state index contributed by atoms with van der Waals surface area (Å²) in [4.78, 5) is 36.6. The normalized spacial score (nSPS) is 14.0. The summed E-state index contributed by atoms with van der Waals surface area (Å²) in [6.07, 6.45) is 10.6. The van der Waals surface area contributed by atoms with Crippen LogP contribution >= 0.6 is 12.4 Å². The molecule has 0 atom stereocenters. The van der Waals surface area contributed by atoms with Crippen LogP contribution in [0.5, 0.6) is 0 Å². The van der Waals surface area contributed by atoms with Crippen LogP contribution in [0.2, 0.25) is 0 Å². The Morgan fingerprint density at radius 2 is 1.25 bits per heavy atom. The Balaban J connectivity index is 0.000000207. The number of hydrogen-bond donors (Lipinski definition) is 3. The number of halogens is 1. The highest BCUT2D eigenvalue weighted by Gasteiger charge is 2.29. The molecule has 0 bridgehead atoms. The quantitative estimate of drug-likeness (QED) is 0.144. The van der Waals surface area contributed by atoms with Gasteiger partial charge in [0.25, 0.3) is 0 Å². The van der Waals surface area contributed by atoms with Gasteiger partial charge in [-0.25, -0.2) is 33.5 Å². The molecule has 2 saturated carbocycles. The number of H-pyrrole nitrogens is 1. The van der Waals surface area contributed by atoms with Gasteiger partial charge in [-0.05, 0) is 97.1 Å². The molecule has 2 aliphatic carbocycles. The number of nitrogens with zero attached hydrogens (tertiary/aromatic N) is 9. The molecule has 2 fully saturated rings. The molecule has 1 amide bonds. The lowest BCUT2D eigenvalue weighted by Crippen LogP contribution is -2.31. The van der Waals surface area contributed by atoms with Crippen molar-refractivity contribution in [2.75, 3.05) is 11.1 Å². The van der Waals surface area contributed by atoms with Gasteiger partial charge < -0.3 is 20.2 Å². The molecule has 6 aromatic rings. The predicted octanol–water partition coefficient (Wildman–Crippen LogP) is 7.68. The lowest BCUT2D eigenvalue weighted by Gasteiger charge is -2.22. The van der Waals surface area contributed by atoms with Crippen LogP contribution in [0.15, 0.2) is 73.3 Å². The van der Waals surface area contributed by atoms with E-state index in [-0.39, 0.29) is 18.4 Å². The van der Waals surface area contributed by atoms with Crippen molar-refractivity contribution in [1.29, 1.82) is 0 Å². The molecule has 2 aromatic carbocycles. The van der Waals surface area contributed by atoms with E-state index in [9.17, 15) is 9.59 Å². The van der Waals surface area contributed by atoms with Crippen molar-refractivity contribution in [3.8, 4) is 33.9 Å². The first-order valence-corrected chi connectivity index (χ1v) is 17.9. The van der Waals surface area contributed by atoms with Crippen molar-refractivity contribution in [1.82, 2.24) is 49.5 Å². The Kier molecular flexibility index (Phi) is 10.8. The third kappa shape index (κ3) is 9.75. The van der Waals surface area contributed by atoms with Crippen LogP contribution in [-0.2, 0) is 9.47 Å². The van der Waals surface area contributed by atoms with Crippen LogP contribution in [0.1, 0.15) is 90.4 Å². The fourth-order valence-electron chi connectivity index (χ4n) is 5.53. The second kappa shape index (κ2) is 15.4. The summed E-state index contributed by atoms with van der Waals surface area (Å²) in [5.74, 6) is 1.57. The number of carbonyl (C=O) groups excluding carboxylic acids is 2.